The zero-order chi connectivity index (χ0) is 10.7. The molecule has 0 amide bonds. The summed E-state index contributed by atoms with van der Waals surface area (Å²) in [6.07, 6.45) is 10.3. The molecule has 0 aliphatic heterocycles. The lowest BCUT2D eigenvalue weighted by Crippen LogP contribution is -2.23. The zero-order valence-corrected chi connectivity index (χ0v) is 11.6. The van der Waals surface area contributed by atoms with Crippen molar-refractivity contribution in [2.24, 2.45) is 11.7 Å². The minimum Gasteiger partial charge on any atom is -0.324 e. The summed E-state index contributed by atoms with van der Waals surface area (Å²) in [7, 11) is 0. The lowest BCUT2D eigenvalue weighted by Gasteiger charge is -2.27. The fourth-order valence-corrected chi connectivity index (χ4v) is 2.76. The first-order valence-corrected chi connectivity index (χ1v) is 6.42. The van der Waals surface area contributed by atoms with Gasteiger partial charge in [0.05, 0.1) is 0 Å². The Morgan fingerprint density at radius 1 is 1.25 bits per heavy atom. The van der Waals surface area contributed by atoms with Crippen LogP contribution in [0.4, 0.5) is 0 Å². The third-order valence-electron chi connectivity index (χ3n) is 3.27. The molecule has 2 nitrogen and oxygen atoms in total. The molecule has 0 aromatic carbocycles. The van der Waals surface area contributed by atoms with Crippen LogP contribution >= 0.6 is 28.3 Å². The van der Waals surface area contributed by atoms with Gasteiger partial charge in [-0.15, -0.1) is 12.4 Å². The minimum absolute atomic E-state index is 0. The average molecular weight is 306 g/mol. The van der Waals surface area contributed by atoms with Gasteiger partial charge in [0.2, 0.25) is 0 Å². The van der Waals surface area contributed by atoms with Crippen molar-refractivity contribution in [3.63, 3.8) is 0 Å². The van der Waals surface area contributed by atoms with Gasteiger partial charge in [0.15, 0.2) is 0 Å². The molecule has 1 aromatic rings. The molecule has 1 fully saturated rings. The van der Waals surface area contributed by atoms with Crippen molar-refractivity contribution in [1.29, 1.82) is 0 Å². The van der Waals surface area contributed by atoms with Gasteiger partial charge in [-0.3, -0.25) is 4.98 Å². The van der Waals surface area contributed by atoms with Crippen LogP contribution in [0.15, 0.2) is 22.9 Å². The SMILES string of the molecule is Cl.N[C@@H](c1cncc(Br)c1)C1CCCCC1. The van der Waals surface area contributed by atoms with E-state index >= 15 is 0 Å². The number of nitrogens with two attached hydrogens (primary N) is 1. The van der Waals surface area contributed by atoms with E-state index in [1.165, 1.54) is 32.1 Å². The summed E-state index contributed by atoms with van der Waals surface area (Å²) in [5.41, 5.74) is 7.44. The van der Waals surface area contributed by atoms with E-state index in [9.17, 15) is 0 Å². The van der Waals surface area contributed by atoms with E-state index in [4.69, 9.17) is 5.73 Å². The van der Waals surface area contributed by atoms with Gasteiger partial charge in [0, 0.05) is 22.9 Å². The Bertz CT molecular complexity index is 327. The molecule has 1 aliphatic rings. The van der Waals surface area contributed by atoms with Crippen LogP contribution < -0.4 is 5.73 Å². The van der Waals surface area contributed by atoms with Crippen LogP contribution in [0, 0.1) is 5.92 Å². The van der Waals surface area contributed by atoms with Gasteiger partial charge < -0.3 is 5.73 Å². The third kappa shape index (κ3) is 3.44. The van der Waals surface area contributed by atoms with E-state index in [0.717, 1.165) is 10.0 Å². The predicted molar refractivity (Wildman–Crippen MR) is 72.7 cm³/mol. The predicted octanol–water partition coefficient (Wildman–Crippen LogP) is 3.85. The van der Waals surface area contributed by atoms with Crippen molar-refractivity contribution in [3.05, 3.63) is 28.5 Å². The normalized spacial score (nSPS) is 18.9. The smallest absolute Gasteiger partial charge is 0.0410 e. The molecule has 0 spiro atoms. The highest BCUT2D eigenvalue weighted by molar-refractivity contribution is 9.10. The Morgan fingerprint density at radius 3 is 2.56 bits per heavy atom. The van der Waals surface area contributed by atoms with Gasteiger partial charge in [-0.1, -0.05) is 19.3 Å². The van der Waals surface area contributed by atoms with Gasteiger partial charge in [-0.05, 0) is 46.3 Å². The number of halogens is 2. The number of aromatic nitrogens is 1. The highest BCUT2D eigenvalue weighted by Crippen LogP contribution is 2.33. The summed E-state index contributed by atoms with van der Waals surface area (Å²) in [6, 6.07) is 2.25. The molecular formula is C12H18BrClN2. The molecule has 16 heavy (non-hydrogen) atoms. The molecule has 90 valence electrons. The number of hydrogen-bond acceptors (Lipinski definition) is 2. The van der Waals surface area contributed by atoms with Crippen LogP contribution in [0.3, 0.4) is 0 Å². The molecule has 1 saturated carbocycles. The molecule has 1 aliphatic carbocycles. The second-order valence-corrected chi connectivity index (χ2v) is 5.28. The summed E-state index contributed by atoms with van der Waals surface area (Å²) >= 11 is 3.44. The first kappa shape index (κ1) is 13.9. The molecule has 0 saturated heterocycles. The van der Waals surface area contributed by atoms with Crippen LogP contribution in [0.2, 0.25) is 0 Å². The Hall–Kier alpha value is -0.120. The highest BCUT2D eigenvalue weighted by atomic mass is 79.9. The summed E-state index contributed by atoms with van der Waals surface area (Å²) in [6.45, 7) is 0. The van der Waals surface area contributed by atoms with Crippen molar-refractivity contribution in [2.75, 3.05) is 0 Å². The van der Waals surface area contributed by atoms with Gasteiger partial charge in [0.25, 0.3) is 0 Å². The maximum atomic E-state index is 6.28. The number of hydrogen-bond donors (Lipinski definition) is 1. The minimum atomic E-state index is 0. The summed E-state index contributed by atoms with van der Waals surface area (Å²) < 4.78 is 1.02. The Balaban J connectivity index is 0.00000128. The summed E-state index contributed by atoms with van der Waals surface area (Å²) in [5, 5.41) is 0. The van der Waals surface area contributed by atoms with Gasteiger partial charge >= 0.3 is 0 Å². The van der Waals surface area contributed by atoms with Gasteiger partial charge in [-0.2, -0.15) is 0 Å². The van der Waals surface area contributed by atoms with E-state index in [1.807, 2.05) is 6.20 Å². The monoisotopic (exact) mass is 304 g/mol. The van der Waals surface area contributed by atoms with E-state index < -0.39 is 0 Å². The zero-order valence-electron chi connectivity index (χ0n) is 9.23. The molecule has 0 bridgehead atoms. The van der Waals surface area contributed by atoms with Crippen LogP contribution in [0.1, 0.15) is 43.7 Å². The van der Waals surface area contributed by atoms with Crippen molar-refractivity contribution in [2.45, 2.75) is 38.1 Å². The van der Waals surface area contributed by atoms with E-state index in [-0.39, 0.29) is 18.4 Å². The second-order valence-electron chi connectivity index (χ2n) is 4.36. The van der Waals surface area contributed by atoms with Crippen LogP contribution in [0.25, 0.3) is 0 Å². The Labute approximate surface area is 112 Å². The molecule has 1 aromatic heterocycles. The van der Waals surface area contributed by atoms with Crippen molar-refractivity contribution in [1.82, 2.24) is 4.98 Å². The summed E-state index contributed by atoms with van der Waals surface area (Å²) in [5.74, 6) is 0.648. The molecule has 2 rings (SSSR count). The first-order valence-electron chi connectivity index (χ1n) is 5.63. The largest absolute Gasteiger partial charge is 0.324 e. The fraction of sp³-hybridized carbons (Fsp3) is 0.583. The van der Waals surface area contributed by atoms with Gasteiger partial charge in [-0.25, -0.2) is 0 Å². The van der Waals surface area contributed by atoms with Gasteiger partial charge in [0.1, 0.15) is 0 Å². The molecule has 1 heterocycles. The first-order chi connectivity index (χ1) is 7.27. The quantitative estimate of drug-likeness (QED) is 0.901. The number of pyridine rings is 1. The van der Waals surface area contributed by atoms with Crippen LogP contribution in [-0.4, -0.2) is 4.98 Å². The molecule has 1 atom stereocenters. The number of rotatable bonds is 2. The molecule has 4 heteroatoms. The number of nitrogens with zero attached hydrogens (tertiary/aromatic N) is 1. The second kappa shape index (κ2) is 6.58. The van der Waals surface area contributed by atoms with Crippen molar-refractivity contribution >= 4 is 28.3 Å². The standard InChI is InChI=1S/C12H17BrN2.ClH/c13-11-6-10(7-15-8-11)12(14)9-4-2-1-3-5-9;/h6-9,12H,1-5,14H2;1H/t12-;/m1./s1. The summed E-state index contributed by atoms with van der Waals surface area (Å²) in [4.78, 5) is 4.17. The third-order valence-corrected chi connectivity index (χ3v) is 3.70. The van der Waals surface area contributed by atoms with Crippen LogP contribution in [0.5, 0.6) is 0 Å². The molecule has 2 N–H and O–H groups in total. The van der Waals surface area contributed by atoms with E-state index in [2.05, 4.69) is 27.0 Å². The topological polar surface area (TPSA) is 38.9 Å². The maximum absolute atomic E-state index is 6.28. The Morgan fingerprint density at radius 2 is 1.94 bits per heavy atom. The molecule has 0 unspecified atom stereocenters. The Kier molecular flexibility index (Phi) is 5.73. The van der Waals surface area contributed by atoms with Crippen LogP contribution in [-0.2, 0) is 0 Å². The van der Waals surface area contributed by atoms with Crippen molar-refractivity contribution in [3.8, 4) is 0 Å². The van der Waals surface area contributed by atoms with Crippen molar-refractivity contribution < 1.29 is 0 Å². The fourth-order valence-electron chi connectivity index (χ4n) is 2.38. The maximum Gasteiger partial charge on any atom is 0.0410 e. The molecule has 0 radical (unpaired) electrons. The average Bonchev–Trinajstić information content (AvgIpc) is 2.29. The van der Waals surface area contributed by atoms with E-state index in [0.29, 0.717) is 5.92 Å². The highest BCUT2D eigenvalue weighted by Gasteiger charge is 2.21. The molecular weight excluding hydrogens is 288 g/mol. The van der Waals surface area contributed by atoms with E-state index in [1.54, 1.807) is 6.20 Å². The lowest BCUT2D eigenvalue weighted by molar-refractivity contribution is 0.308. The lowest BCUT2D eigenvalue weighted by atomic mass is 9.82.